The van der Waals surface area contributed by atoms with Gasteiger partial charge in [0.1, 0.15) is 6.61 Å². The lowest BCUT2D eigenvalue weighted by molar-refractivity contribution is -0.144. The summed E-state index contributed by atoms with van der Waals surface area (Å²) in [5.41, 5.74) is 0. The van der Waals surface area contributed by atoms with Crippen LogP contribution >= 0.6 is 0 Å². The molecule has 0 bridgehead atoms. The van der Waals surface area contributed by atoms with E-state index in [2.05, 4.69) is 10.2 Å². The van der Waals surface area contributed by atoms with Crippen molar-refractivity contribution >= 4 is 5.91 Å². The molecule has 2 heterocycles. The van der Waals surface area contributed by atoms with Crippen molar-refractivity contribution in [2.75, 3.05) is 66.2 Å². The van der Waals surface area contributed by atoms with Crippen molar-refractivity contribution in [3.8, 4) is 0 Å². The number of rotatable bonds is 6. The predicted octanol–water partition coefficient (Wildman–Crippen LogP) is -1.23. The van der Waals surface area contributed by atoms with Crippen molar-refractivity contribution in [3.05, 3.63) is 0 Å². The van der Waals surface area contributed by atoms with E-state index < -0.39 is 0 Å². The van der Waals surface area contributed by atoms with Gasteiger partial charge in [0.15, 0.2) is 0 Å². The first-order valence-electron chi connectivity index (χ1n) is 6.60. The van der Waals surface area contributed by atoms with Crippen molar-refractivity contribution in [3.63, 3.8) is 0 Å². The molecule has 6 heteroatoms. The van der Waals surface area contributed by atoms with Crippen LogP contribution < -0.4 is 5.32 Å². The molecule has 0 spiro atoms. The Hall–Kier alpha value is -0.690. The Morgan fingerprint density at radius 3 is 2.67 bits per heavy atom. The summed E-state index contributed by atoms with van der Waals surface area (Å²) < 4.78 is 10.1. The Morgan fingerprint density at radius 2 is 2.00 bits per heavy atom. The summed E-state index contributed by atoms with van der Waals surface area (Å²) in [6, 6.07) is 0.551. The number of piperazine rings is 1. The molecule has 1 N–H and O–H groups in total. The fourth-order valence-electron chi connectivity index (χ4n) is 2.33. The van der Waals surface area contributed by atoms with Gasteiger partial charge in [0.2, 0.25) is 5.91 Å². The lowest BCUT2D eigenvalue weighted by Crippen LogP contribution is -2.64. The average molecular weight is 257 g/mol. The van der Waals surface area contributed by atoms with E-state index in [9.17, 15) is 4.79 Å². The lowest BCUT2D eigenvalue weighted by atomic mass is 10.1. The van der Waals surface area contributed by atoms with Crippen LogP contribution in [0.2, 0.25) is 0 Å². The zero-order valence-corrected chi connectivity index (χ0v) is 11.1. The summed E-state index contributed by atoms with van der Waals surface area (Å²) in [6.07, 6.45) is 0. The summed E-state index contributed by atoms with van der Waals surface area (Å²) in [7, 11) is 1.62. The van der Waals surface area contributed by atoms with Gasteiger partial charge >= 0.3 is 0 Å². The molecule has 0 radical (unpaired) electrons. The molecule has 18 heavy (non-hydrogen) atoms. The van der Waals surface area contributed by atoms with Gasteiger partial charge in [-0.3, -0.25) is 9.69 Å². The second-order valence-electron chi connectivity index (χ2n) is 4.78. The highest BCUT2D eigenvalue weighted by molar-refractivity contribution is 5.78. The van der Waals surface area contributed by atoms with E-state index in [0.29, 0.717) is 19.3 Å². The highest BCUT2D eigenvalue weighted by Crippen LogP contribution is 2.15. The molecule has 0 aromatic carbocycles. The molecule has 2 aliphatic rings. The molecule has 0 unspecified atom stereocenters. The summed E-state index contributed by atoms with van der Waals surface area (Å²) in [5.74, 6) is 0.0949. The Bertz CT molecular complexity index is 263. The van der Waals surface area contributed by atoms with Crippen molar-refractivity contribution in [2.24, 2.45) is 0 Å². The molecule has 1 amide bonds. The zero-order chi connectivity index (χ0) is 12.8. The van der Waals surface area contributed by atoms with Gasteiger partial charge in [-0.2, -0.15) is 0 Å². The normalized spacial score (nSPS) is 21.9. The SMILES string of the molecule is COCCOCC(=O)N1CC(N2CCNCC2)C1. The summed E-state index contributed by atoms with van der Waals surface area (Å²) in [4.78, 5) is 16.1. The number of nitrogens with one attached hydrogen (secondary N) is 1. The number of hydrogen-bond donors (Lipinski definition) is 1. The van der Waals surface area contributed by atoms with E-state index in [1.54, 1.807) is 7.11 Å². The summed E-state index contributed by atoms with van der Waals surface area (Å²) >= 11 is 0. The minimum atomic E-state index is 0.0949. The van der Waals surface area contributed by atoms with E-state index >= 15 is 0 Å². The maximum atomic E-state index is 11.7. The molecule has 0 saturated carbocycles. The molecule has 6 nitrogen and oxygen atoms in total. The second kappa shape index (κ2) is 7.04. The van der Waals surface area contributed by atoms with Gasteiger partial charge in [-0.1, -0.05) is 0 Å². The minimum absolute atomic E-state index is 0.0949. The van der Waals surface area contributed by atoms with Crippen LogP contribution in [0.1, 0.15) is 0 Å². The Balaban J connectivity index is 1.58. The van der Waals surface area contributed by atoms with Gasteiger partial charge in [0, 0.05) is 52.4 Å². The van der Waals surface area contributed by atoms with Gasteiger partial charge in [-0.15, -0.1) is 0 Å². The third-order valence-corrected chi connectivity index (χ3v) is 3.54. The number of carbonyl (C=O) groups is 1. The van der Waals surface area contributed by atoms with Crippen molar-refractivity contribution < 1.29 is 14.3 Å². The molecule has 0 aromatic rings. The standard InChI is InChI=1S/C12H23N3O3/c1-17-6-7-18-10-12(16)15-8-11(9-15)14-4-2-13-3-5-14/h11,13H,2-10H2,1H3. The molecule has 104 valence electrons. The molecular weight excluding hydrogens is 234 g/mol. The first-order valence-corrected chi connectivity index (χ1v) is 6.60. The van der Waals surface area contributed by atoms with E-state index in [4.69, 9.17) is 9.47 Å². The van der Waals surface area contributed by atoms with Crippen LogP contribution in [0, 0.1) is 0 Å². The smallest absolute Gasteiger partial charge is 0.248 e. The Morgan fingerprint density at radius 1 is 1.28 bits per heavy atom. The first-order chi connectivity index (χ1) is 8.81. The monoisotopic (exact) mass is 257 g/mol. The highest BCUT2D eigenvalue weighted by atomic mass is 16.5. The summed E-state index contributed by atoms with van der Waals surface area (Å²) in [5, 5.41) is 3.34. The van der Waals surface area contributed by atoms with E-state index in [1.165, 1.54) is 0 Å². The Kier molecular flexibility index (Phi) is 5.37. The van der Waals surface area contributed by atoms with E-state index in [0.717, 1.165) is 39.3 Å². The third-order valence-electron chi connectivity index (χ3n) is 3.54. The number of likely N-dealkylation sites (tertiary alicyclic amines) is 1. The van der Waals surface area contributed by atoms with Crippen LogP contribution in [-0.4, -0.2) is 87.9 Å². The van der Waals surface area contributed by atoms with Crippen molar-refractivity contribution in [2.45, 2.75) is 6.04 Å². The van der Waals surface area contributed by atoms with Crippen LogP contribution in [0.4, 0.5) is 0 Å². The van der Waals surface area contributed by atoms with Crippen LogP contribution in [0.15, 0.2) is 0 Å². The maximum absolute atomic E-state index is 11.7. The molecule has 0 aliphatic carbocycles. The fraction of sp³-hybridized carbons (Fsp3) is 0.917. The van der Waals surface area contributed by atoms with E-state index in [1.807, 2.05) is 4.90 Å². The molecule has 2 aliphatic heterocycles. The topological polar surface area (TPSA) is 54.0 Å². The first kappa shape index (κ1) is 13.7. The van der Waals surface area contributed by atoms with Gasteiger partial charge in [0.05, 0.1) is 13.2 Å². The maximum Gasteiger partial charge on any atom is 0.248 e. The van der Waals surface area contributed by atoms with Crippen LogP contribution in [0.25, 0.3) is 0 Å². The number of carbonyl (C=O) groups excluding carboxylic acids is 1. The third kappa shape index (κ3) is 3.65. The summed E-state index contributed by atoms with van der Waals surface area (Å²) in [6.45, 7) is 7.22. The van der Waals surface area contributed by atoms with Crippen molar-refractivity contribution in [1.82, 2.24) is 15.1 Å². The molecule has 2 rings (SSSR count). The Labute approximate surface area is 108 Å². The van der Waals surface area contributed by atoms with E-state index in [-0.39, 0.29) is 12.5 Å². The molecular formula is C12H23N3O3. The number of ether oxygens (including phenoxy) is 2. The second-order valence-corrected chi connectivity index (χ2v) is 4.78. The van der Waals surface area contributed by atoms with Gasteiger partial charge in [-0.05, 0) is 0 Å². The van der Waals surface area contributed by atoms with Crippen LogP contribution in [-0.2, 0) is 14.3 Å². The van der Waals surface area contributed by atoms with Gasteiger partial charge < -0.3 is 19.7 Å². The number of hydrogen-bond acceptors (Lipinski definition) is 5. The molecule has 2 fully saturated rings. The number of amides is 1. The lowest BCUT2D eigenvalue weighted by Gasteiger charge is -2.46. The quantitative estimate of drug-likeness (QED) is 0.604. The van der Waals surface area contributed by atoms with Crippen LogP contribution in [0.5, 0.6) is 0 Å². The van der Waals surface area contributed by atoms with Crippen molar-refractivity contribution in [1.29, 1.82) is 0 Å². The van der Waals surface area contributed by atoms with Gasteiger partial charge in [0.25, 0.3) is 0 Å². The zero-order valence-electron chi connectivity index (χ0n) is 11.1. The van der Waals surface area contributed by atoms with Gasteiger partial charge in [-0.25, -0.2) is 0 Å². The number of nitrogens with zero attached hydrogens (tertiary/aromatic N) is 2. The molecule has 0 atom stereocenters. The predicted molar refractivity (Wildman–Crippen MR) is 67.5 cm³/mol. The molecule has 2 saturated heterocycles. The van der Waals surface area contributed by atoms with Crippen LogP contribution in [0.3, 0.4) is 0 Å². The number of methoxy groups -OCH3 is 1. The fourth-order valence-corrected chi connectivity index (χ4v) is 2.33. The average Bonchev–Trinajstić information content (AvgIpc) is 2.34. The minimum Gasteiger partial charge on any atom is -0.382 e. The largest absolute Gasteiger partial charge is 0.382 e. The molecule has 0 aromatic heterocycles. The highest BCUT2D eigenvalue weighted by Gasteiger charge is 2.34.